The van der Waals surface area contributed by atoms with Gasteiger partial charge in [0.1, 0.15) is 5.82 Å². The third kappa shape index (κ3) is 3.27. The normalized spacial score (nSPS) is 11.3. The molecule has 0 aliphatic carbocycles. The summed E-state index contributed by atoms with van der Waals surface area (Å²) >= 11 is 5.59. The van der Waals surface area contributed by atoms with E-state index in [0.717, 1.165) is 6.07 Å². The van der Waals surface area contributed by atoms with Crippen LogP contribution in [-0.4, -0.2) is 13.5 Å². The number of hydrogen-bond donors (Lipinski definition) is 2. The summed E-state index contributed by atoms with van der Waals surface area (Å²) in [5, 5.41) is 8.84. The number of halogens is 2. The predicted molar refractivity (Wildman–Crippen MR) is 74.6 cm³/mol. The quantitative estimate of drug-likeness (QED) is 0.911. The highest BCUT2D eigenvalue weighted by molar-refractivity contribution is 7.92. The molecule has 0 radical (unpaired) electrons. The van der Waals surface area contributed by atoms with Crippen LogP contribution in [0.5, 0.6) is 0 Å². The Bertz CT molecular complexity index is 734. The zero-order chi connectivity index (χ0) is 14.8. The average molecular weight is 316 g/mol. The van der Waals surface area contributed by atoms with Gasteiger partial charge in [-0.1, -0.05) is 23.7 Å². The van der Waals surface area contributed by atoms with E-state index in [1.54, 1.807) is 6.07 Å². The molecule has 0 fully saturated rings. The number of aliphatic hydroxyl groups excluding tert-OH is 1. The summed E-state index contributed by atoms with van der Waals surface area (Å²) in [6.45, 7) is -0.258. The molecule has 0 heterocycles. The summed E-state index contributed by atoms with van der Waals surface area (Å²) < 4.78 is 39.6. The number of rotatable bonds is 4. The molecule has 0 unspecified atom stereocenters. The van der Waals surface area contributed by atoms with Crippen molar-refractivity contribution >= 4 is 27.3 Å². The van der Waals surface area contributed by atoms with Crippen LogP contribution in [0, 0.1) is 5.82 Å². The molecule has 7 heteroatoms. The Labute approximate surface area is 120 Å². The molecule has 2 N–H and O–H groups in total. The third-order valence-electron chi connectivity index (χ3n) is 2.56. The highest BCUT2D eigenvalue weighted by Gasteiger charge is 2.15. The predicted octanol–water partition coefficient (Wildman–Crippen LogP) is 2.77. The summed E-state index contributed by atoms with van der Waals surface area (Å²) in [6.07, 6.45) is 0. The van der Waals surface area contributed by atoms with Gasteiger partial charge in [0.15, 0.2) is 0 Å². The van der Waals surface area contributed by atoms with E-state index in [2.05, 4.69) is 4.72 Å². The van der Waals surface area contributed by atoms with Gasteiger partial charge in [-0.05, 0) is 35.9 Å². The van der Waals surface area contributed by atoms with E-state index >= 15 is 0 Å². The summed E-state index contributed by atoms with van der Waals surface area (Å²) in [5.74, 6) is -0.628. The summed E-state index contributed by atoms with van der Waals surface area (Å²) in [7, 11) is -3.82. The number of sulfonamides is 1. The van der Waals surface area contributed by atoms with Crippen molar-refractivity contribution in [3.8, 4) is 0 Å². The van der Waals surface area contributed by atoms with Crippen molar-refractivity contribution in [3.63, 3.8) is 0 Å². The average Bonchev–Trinajstić information content (AvgIpc) is 2.43. The Hall–Kier alpha value is -1.63. The van der Waals surface area contributed by atoms with Crippen molar-refractivity contribution in [1.82, 2.24) is 0 Å². The molecule has 0 aliphatic heterocycles. The second-order valence-electron chi connectivity index (χ2n) is 4.04. The van der Waals surface area contributed by atoms with E-state index in [0.29, 0.717) is 5.56 Å². The molecule has 0 aliphatic rings. The molecule has 0 aromatic heterocycles. The zero-order valence-corrected chi connectivity index (χ0v) is 11.7. The van der Waals surface area contributed by atoms with Gasteiger partial charge in [0, 0.05) is 0 Å². The monoisotopic (exact) mass is 315 g/mol. The molecule has 0 saturated carbocycles. The first-order valence-corrected chi connectivity index (χ1v) is 7.46. The number of hydrogen-bond acceptors (Lipinski definition) is 3. The fourth-order valence-corrected chi connectivity index (χ4v) is 2.88. The molecule has 0 spiro atoms. The lowest BCUT2D eigenvalue weighted by Crippen LogP contribution is -2.13. The van der Waals surface area contributed by atoms with Crippen LogP contribution in [0.3, 0.4) is 0 Å². The molecule has 0 atom stereocenters. The molecule has 106 valence electrons. The van der Waals surface area contributed by atoms with Crippen molar-refractivity contribution in [3.05, 3.63) is 58.9 Å². The van der Waals surface area contributed by atoms with E-state index in [1.807, 2.05) is 0 Å². The Morgan fingerprint density at radius 3 is 2.60 bits per heavy atom. The van der Waals surface area contributed by atoms with Gasteiger partial charge in [0.25, 0.3) is 10.0 Å². The standard InChI is InChI=1S/C13H11ClFNO3S/c14-12-7-10(4-5-13(12)15)16-20(18,19)11-3-1-2-9(6-11)8-17/h1-7,16-17H,8H2. The van der Waals surface area contributed by atoms with Crippen molar-refractivity contribution in [2.24, 2.45) is 0 Å². The fourth-order valence-electron chi connectivity index (χ4n) is 1.58. The molecule has 2 rings (SSSR count). The highest BCUT2D eigenvalue weighted by Crippen LogP contribution is 2.22. The van der Waals surface area contributed by atoms with E-state index in [1.165, 1.54) is 30.3 Å². The lowest BCUT2D eigenvalue weighted by molar-refractivity contribution is 0.281. The number of anilines is 1. The van der Waals surface area contributed by atoms with Crippen molar-refractivity contribution < 1.29 is 17.9 Å². The lowest BCUT2D eigenvalue weighted by atomic mass is 10.2. The van der Waals surface area contributed by atoms with Crippen molar-refractivity contribution in [2.45, 2.75) is 11.5 Å². The largest absolute Gasteiger partial charge is 0.392 e. The molecule has 4 nitrogen and oxygen atoms in total. The summed E-state index contributed by atoms with van der Waals surface area (Å²) in [6, 6.07) is 9.41. The fraction of sp³-hybridized carbons (Fsp3) is 0.0769. The number of aliphatic hydroxyl groups is 1. The van der Waals surface area contributed by atoms with Crippen molar-refractivity contribution in [1.29, 1.82) is 0 Å². The van der Waals surface area contributed by atoms with E-state index in [-0.39, 0.29) is 22.2 Å². The Morgan fingerprint density at radius 2 is 1.95 bits per heavy atom. The molecular formula is C13H11ClFNO3S. The van der Waals surface area contributed by atoms with Gasteiger partial charge < -0.3 is 5.11 Å². The van der Waals surface area contributed by atoms with Crippen LogP contribution in [0.2, 0.25) is 5.02 Å². The van der Waals surface area contributed by atoms with Crippen LogP contribution in [-0.2, 0) is 16.6 Å². The first-order chi connectivity index (χ1) is 9.42. The van der Waals surface area contributed by atoms with E-state index in [4.69, 9.17) is 16.7 Å². The second-order valence-corrected chi connectivity index (χ2v) is 6.13. The smallest absolute Gasteiger partial charge is 0.261 e. The lowest BCUT2D eigenvalue weighted by Gasteiger charge is -2.09. The summed E-state index contributed by atoms with van der Waals surface area (Å²) in [5.41, 5.74) is 0.635. The first kappa shape index (κ1) is 14.8. The van der Waals surface area contributed by atoms with Crippen LogP contribution in [0.1, 0.15) is 5.56 Å². The number of benzene rings is 2. The maximum absolute atomic E-state index is 13.0. The third-order valence-corrected chi connectivity index (χ3v) is 4.23. The molecule has 0 saturated heterocycles. The van der Waals surface area contributed by atoms with E-state index < -0.39 is 15.8 Å². The molecule has 20 heavy (non-hydrogen) atoms. The van der Waals surface area contributed by atoms with Gasteiger partial charge in [-0.25, -0.2) is 12.8 Å². The molecule has 0 bridgehead atoms. The van der Waals surface area contributed by atoms with Gasteiger partial charge >= 0.3 is 0 Å². The van der Waals surface area contributed by atoms with Crippen LogP contribution >= 0.6 is 11.6 Å². The van der Waals surface area contributed by atoms with Crippen LogP contribution in [0.4, 0.5) is 10.1 Å². The zero-order valence-electron chi connectivity index (χ0n) is 10.2. The maximum atomic E-state index is 13.0. The first-order valence-electron chi connectivity index (χ1n) is 5.60. The van der Waals surface area contributed by atoms with Crippen LogP contribution in [0.25, 0.3) is 0 Å². The Balaban J connectivity index is 2.32. The van der Waals surface area contributed by atoms with Gasteiger partial charge in [0.05, 0.1) is 22.2 Å². The van der Waals surface area contributed by atoms with E-state index in [9.17, 15) is 12.8 Å². The van der Waals surface area contributed by atoms with Gasteiger partial charge in [-0.3, -0.25) is 4.72 Å². The molecule has 2 aromatic carbocycles. The minimum atomic E-state index is -3.82. The summed E-state index contributed by atoms with van der Waals surface area (Å²) in [4.78, 5) is 0.00416. The van der Waals surface area contributed by atoms with Crippen molar-refractivity contribution in [2.75, 3.05) is 4.72 Å². The van der Waals surface area contributed by atoms with Crippen LogP contribution in [0.15, 0.2) is 47.4 Å². The number of nitrogens with one attached hydrogen (secondary N) is 1. The molecule has 0 amide bonds. The Morgan fingerprint density at radius 1 is 1.20 bits per heavy atom. The highest BCUT2D eigenvalue weighted by atomic mass is 35.5. The minimum Gasteiger partial charge on any atom is -0.392 e. The molecule has 2 aromatic rings. The minimum absolute atomic E-state index is 0.00416. The van der Waals surface area contributed by atoms with Gasteiger partial charge in [-0.2, -0.15) is 0 Å². The van der Waals surface area contributed by atoms with Gasteiger partial charge in [-0.15, -0.1) is 0 Å². The second kappa shape index (κ2) is 5.78. The van der Waals surface area contributed by atoms with Crippen LogP contribution < -0.4 is 4.72 Å². The molecular weight excluding hydrogens is 305 g/mol. The maximum Gasteiger partial charge on any atom is 0.261 e. The Kier molecular flexibility index (Phi) is 4.27. The topological polar surface area (TPSA) is 66.4 Å². The van der Waals surface area contributed by atoms with Gasteiger partial charge in [0.2, 0.25) is 0 Å². The SMILES string of the molecule is O=S(=O)(Nc1ccc(F)c(Cl)c1)c1cccc(CO)c1.